The Morgan fingerprint density at radius 1 is 1.11 bits per heavy atom. The van der Waals surface area contributed by atoms with Gasteiger partial charge in [-0.1, -0.05) is 52.0 Å². The average Bonchev–Trinajstić information content (AvgIpc) is 2.64. The zero-order chi connectivity index (χ0) is 20.5. The van der Waals surface area contributed by atoms with Gasteiger partial charge in [0.1, 0.15) is 17.5 Å². The number of fused-ring (bicyclic) bond motifs is 1. The third-order valence-electron chi connectivity index (χ3n) is 5.66. The Balaban J connectivity index is 2.00. The first-order valence-electron chi connectivity index (χ1n) is 10.3. The summed E-state index contributed by atoms with van der Waals surface area (Å²) in [6.45, 7) is 13.9. The van der Waals surface area contributed by atoms with Crippen molar-refractivity contribution in [3.05, 3.63) is 47.3 Å². The summed E-state index contributed by atoms with van der Waals surface area (Å²) in [5, 5.41) is 13.2. The smallest absolute Gasteiger partial charge is 0.135 e. The first-order chi connectivity index (χ1) is 13.2. The molecule has 0 saturated carbocycles. The molecule has 5 nitrogen and oxygen atoms in total. The average molecular weight is 383 g/mol. The van der Waals surface area contributed by atoms with Gasteiger partial charge in [0.15, 0.2) is 0 Å². The number of nitrogens with zero attached hydrogens (tertiary/aromatic N) is 3. The minimum absolute atomic E-state index is 0.0298. The lowest BCUT2D eigenvalue weighted by molar-refractivity contribution is 0.249. The fourth-order valence-electron chi connectivity index (χ4n) is 3.76. The predicted octanol–water partition coefficient (Wildman–Crippen LogP) is 4.37. The molecule has 2 N–H and O–H groups in total. The fourth-order valence-corrected chi connectivity index (χ4v) is 3.76. The van der Waals surface area contributed by atoms with Crippen LogP contribution in [0.2, 0.25) is 0 Å². The van der Waals surface area contributed by atoms with Crippen molar-refractivity contribution in [2.45, 2.75) is 72.0 Å². The number of aliphatic hydroxyl groups is 1. The second-order valence-electron chi connectivity index (χ2n) is 9.15. The molecule has 0 amide bonds. The van der Waals surface area contributed by atoms with Gasteiger partial charge in [0.25, 0.3) is 0 Å². The van der Waals surface area contributed by atoms with E-state index in [1.54, 1.807) is 0 Å². The van der Waals surface area contributed by atoms with Gasteiger partial charge in [-0.3, -0.25) is 0 Å². The molecule has 1 atom stereocenters. The van der Waals surface area contributed by atoms with Crippen molar-refractivity contribution in [2.75, 3.05) is 16.8 Å². The zero-order valence-corrected chi connectivity index (χ0v) is 18.0. The molecule has 0 aliphatic carbocycles. The Morgan fingerprint density at radius 3 is 2.39 bits per heavy atom. The Morgan fingerprint density at radius 2 is 1.79 bits per heavy atom. The maximum absolute atomic E-state index is 9.73. The molecule has 2 aromatic rings. The van der Waals surface area contributed by atoms with Crippen LogP contribution in [0.15, 0.2) is 30.3 Å². The third-order valence-corrected chi connectivity index (χ3v) is 5.66. The van der Waals surface area contributed by atoms with E-state index >= 15 is 0 Å². The summed E-state index contributed by atoms with van der Waals surface area (Å²) in [6, 6.07) is 10.7. The summed E-state index contributed by atoms with van der Waals surface area (Å²) >= 11 is 0. The van der Waals surface area contributed by atoms with Gasteiger partial charge in [-0.15, -0.1) is 0 Å². The number of benzene rings is 1. The van der Waals surface area contributed by atoms with Crippen LogP contribution in [-0.2, 0) is 13.0 Å². The number of nitrogens with one attached hydrogen (secondary N) is 1. The molecule has 0 fully saturated rings. The van der Waals surface area contributed by atoms with Crippen molar-refractivity contribution < 1.29 is 5.11 Å². The Kier molecular flexibility index (Phi) is 5.94. The highest BCUT2D eigenvalue weighted by atomic mass is 16.3. The number of hydrogen-bond acceptors (Lipinski definition) is 5. The van der Waals surface area contributed by atoms with Gasteiger partial charge in [0.2, 0.25) is 0 Å². The molecule has 0 bridgehead atoms. The fraction of sp³-hybridized carbons (Fsp3) is 0.565. The van der Waals surface area contributed by atoms with Crippen molar-refractivity contribution in [1.29, 1.82) is 0 Å². The molecule has 2 heterocycles. The van der Waals surface area contributed by atoms with E-state index in [0.717, 1.165) is 30.4 Å². The Hall–Kier alpha value is -2.14. The number of aliphatic hydroxyl groups excluding tert-OH is 1. The highest BCUT2D eigenvalue weighted by Gasteiger charge is 2.34. The lowest BCUT2D eigenvalue weighted by atomic mass is 9.85. The van der Waals surface area contributed by atoms with E-state index in [1.807, 2.05) is 6.07 Å². The maximum atomic E-state index is 9.73. The summed E-state index contributed by atoms with van der Waals surface area (Å²) in [5.74, 6) is 3.10. The summed E-state index contributed by atoms with van der Waals surface area (Å²) in [6.07, 6.45) is 0.984. The van der Waals surface area contributed by atoms with Gasteiger partial charge in [0.05, 0.1) is 12.6 Å². The van der Waals surface area contributed by atoms with E-state index in [-0.39, 0.29) is 24.1 Å². The van der Waals surface area contributed by atoms with Gasteiger partial charge >= 0.3 is 0 Å². The largest absolute Gasteiger partial charge is 0.394 e. The highest BCUT2D eigenvalue weighted by Crippen LogP contribution is 2.35. The van der Waals surface area contributed by atoms with Gasteiger partial charge in [0, 0.05) is 24.1 Å². The zero-order valence-electron chi connectivity index (χ0n) is 18.0. The summed E-state index contributed by atoms with van der Waals surface area (Å²) in [4.78, 5) is 12.0. The molecule has 0 unspecified atom stereocenters. The van der Waals surface area contributed by atoms with Crippen LogP contribution in [0.1, 0.15) is 64.4 Å². The third kappa shape index (κ3) is 4.30. The minimum atomic E-state index is -0.0390. The molecule has 1 aromatic carbocycles. The van der Waals surface area contributed by atoms with Crippen molar-refractivity contribution in [1.82, 2.24) is 9.97 Å². The first kappa shape index (κ1) is 20.6. The van der Waals surface area contributed by atoms with Crippen molar-refractivity contribution in [3.8, 4) is 0 Å². The SMILES string of the molecule is CC(C)c1nc(N[C@@H](CO)C(C)C)cc(N2Cc3ccccc3CC2(C)C)n1. The van der Waals surface area contributed by atoms with Gasteiger partial charge in [-0.05, 0) is 37.3 Å². The molecule has 28 heavy (non-hydrogen) atoms. The van der Waals surface area contributed by atoms with Crippen LogP contribution < -0.4 is 10.2 Å². The van der Waals surface area contributed by atoms with Crippen LogP contribution in [0.4, 0.5) is 11.6 Å². The van der Waals surface area contributed by atoms with Crippen LogP contribution in [0, 0.1) is 5.92 Å². The topological polar surface area (TPSA) is 61.3 Å². The van der Waals surface area contributed by atoms with E-state index < -0.39 is 0 Å². The van der Waals surface area contributed by atoms with Gasteiger partial charge in [-0.2, -0.15) is 0 Å². The predicted molar refractivity (Wildman–Crippen MR) is 116 cm³/mol. The van der Waals surface area contributed by atoms with Crippen LogP contribution in [0.25, 0.3) is 0 Å². The van der Waals surface area contributed by atoms with E-state index in [2.05, 4.69) is 76.0 Å². The summed E-state index contributed by atoms with van der Waals surface area (Å²) in [7, 11) is 0. The normalized spacial score (nSPS) is 17.0. The van der Waals surface area contributed by atoms with E-state index in [1.165, 1.54) is 11.1 Å². The van der Waals surface area contributed by atoms with Gasteiger partial charge in [-0.25, -0.2) is 9.97 Å². The number of aromatic nitrogens is 2. The summed E-state index contributed by atoms with van der Waals surface area (Å²) in [5.41, 5.74) is 2.74. The maximum Gasteiger partial charge on any atom is 0.135 e. The molecule has 5 heteroatoms. The molecule has 0 spiro atoms. The Bertz CT molecular complexity index is 816. The second-order valence-corrected chi connectivity index (χ2v) is 9.15. The first-order valence-corrected chi connectivity index (χ1v) is 10.3. The monoisotopic (exact) mass is 382 g/mol. The van der Waals surface area contributed by atoms with E-state index in [9.17, 15) is 5.11 Å². The van der Waals surface area contributed by atoms with Crippen molar-refractivity contribution >= 4 is 11.6 Å². The van der Waals surface area contributed by atoms with E-state index in [4.69, 9.17) is 9.97 Å². The van der Waals surface area contributed by atoms with Crippen LogP contribution in [-0.4, -0.2) is 33.3 Å². The van der Waals surface area contributed by atoms with Crippen LogP contribution in [0.5, 0.6) is 0 Å². The molecule has 1 aliphatic rings. The number of anilines is 2. The molecule has 1 aromatic heterocycles. The Labute approximate surface area is 169 Å². The standard InChI is InChI=1S/C23H34N4O/c1-15(2)19(14-28)24-20-11-21(26-22(25-20)16(3)4)27-13-18-10-8-7-9-17(18)12-23(27,5)6/h7-11,15-16,19,28H,12-14H2,1-6H3,(H,24,25,26)/t19-/m0/s1. The van der Waals surface area contributed by atoms with Crippen molar-refractivity contribution in [3.63, 3.8) is 0 Å². The number of hydrogen-bond donors (Lipinski definition) is 2. The van der Waals surface area contributed by atoms with Crippen LogP contribution in [0.3, 0.4) is 0 Å². The van der Waals surface area contributed by atoms with Gasteiger partial charge < -0.3 is 15.3 Å². The molecule has 1 aliphatic heterocycles. The molecule has 0 saturated heterocycles. The van der Waals surface area contributed by atoms with E-state index in [0.29, 0.717) is 5.92 Å². The number of rotatable bonds is 6. The molecule has 152 valence electrons. The minimum Gasteiger partial charge on any atom is -0.394 e. The van der Waals surface area contributed by atoms with Crippen LogP contribution >= 0.6 is 0 Å². The molecular weight excluding hydrogens is 348 g/mol. The lowest BCUT2D eigenvalue weighted by Gasteiger charge is -2.44. The lowest BCUT2D eigenvalue weighted by Crippen LogP contribution is -2.49. The quantitative estimate of drug-likeness (QED) is 0.777. The molecule has 3 rings (SSSR count). The molecule has 0 radical (unpaired) electrons. The molecular formula is C23H34N4O. The second kappa shape index (κ2) is 8.08. The summed E-state index contributed by atoms with van der Waals surface area (Å²) < 4.78 is 0. The highest BCUT2D eigenvalue weighted by molar-refractivity contribution is 5.54. The van der Waals surface area contributed by atoms with Crippen molar-refractivity contribution in [2.24, 2.45) is 5.92 Å².